The third-order valence-corrected chi connectivity index (χ3v) is 4.63. The maximum Gasteiger partial charge on any atom is 0.271 e. The monoisotopic (exact) mass is 430 g/mol. The molecule has 0 heterocycles. The van der Waals surface area contributed by atoms with Gasteiger partial charge in [-0.3, -0.25) is 14.4 Å². The Bertz CT molecular complexity index is 1170. The second kappa shape index (κ2) is 9.82. The maximum atomic E-state index is 14.8. The van der Waals surface area contributed by atoms with Crippen LogP contribution in [0.5, 0.6) is 5.75 Å². The molecule has 0 atom stereocenters. The molecular weight excluding hydrogens is 408 g/mol. The molecule has 2 aromatic rings. The highest BCUT2D eigenvalue weighted by molar-refractivity contribution is 6.10. The first-order valence-electron chi connectivity index (χ1n) is 10.7. The van der Waals surface area contributed by atoms with Crippen LogP contribution in [0.15, 0.2) is 47.5 Å². The fraction of sp³-hybridized carbons (Fsp3) is 0.227. The summed E-state index contributed by atoms with van der Waals surface area (Å²) >= 11 is 0. The van der Waals surface area contributed by atoms with Crippen molar-refractivity contribution >= 4 is 17.5 Å². The fourth-order valence-electron chi connectivity index (χ4n) is 3.23. The first-order valence-corrected chi connectivity index (χ1v) is 9.20. The lowest BCUT2D eigenvalue weighted by atomic mass is 10.0. The van der Waals surface area contributed by atoms with Crippen molar-refractivity contribution in [2.75, 3.05) is 19.0 Å². The number of halogens is 2. The number of nitrogens with zero attached hydrogens (tertiary/aromatic N) is 1. The first-order chi connectivity index (χ1) is 16.1. The zero-order valence-electron chi connectivity index (χ0n) is 19.1. The molecule has 0 spiro atoms. The van der Waals surface area contributed by atoms with Crippen LogP contribution in [0.25, 0.3) is 11.1 Å². The molecule has 0 aromatic heterocycles. The molecule has 0 saturated carbocycles. The van der Waals surface area contributed by atoms with Gasteiger partial charge in [-0.2, -0.15) is 5.26 Å². The lowest BCUT2D eigenvalue weighted by molar-refractivity contribution is -0.128. The number of hydroxylamine groups is 1. The highest BCUT2D eigenvalue weighted by Gasteiger charge is 2.27. The number of hydrogen-bond acceptors (Lipinski definition) is 5. The van der Waals surface area contributed by atoms with Crippen LogP contribution < -0.4 is 15.5 Å². The average Bonchev–Trinajstić information content (AvgIpc) is 3.25. The smallest absolute Gasteiger partial charge is 0.271 e. The van der Waals surface area contributed by atoms with Crippen LogP contribution in [0.3, 0.4) is 0 Å². The van der Waals surface area contributed by atoms with Crippen molar-refractivity contribution in [3.05, 3.63) is 59.2 Å². The number of ether oxygens (including phenoxy) is 1. The number of nitriles is 1. The summed E-state index contributed by atoms with van der Waals surface area (Å²) < 4.78 is 55.8. The maximum absolute atomic E-state index is 14.8. The van der Waals surface area contributed by atoms with Gasteiger partial charge in [0.2, 0.25) is 0 Å². The van der Waals surface area contributed by atoms with Crippen molar-refractivity contribution < 1.29 is 32.1 Å². The summed E-state index contributed by atoms with van der Waals surface area (Å²) in [4.78, 5) is 29.5. The fourth-order valence-corrected chi connectivity index (χ4v) is 3.23. The molecule has 3 rings (SSSR count). The molecule has 0 fully saturated rings. The molecule has 0 saturated heterocycles. The molecule has 7 nitrogen and oxygen atoms in total. The average molecular weight is 430 g/mol. The summed E-state index contributed by atoms with van der Waals surface area (Å²) in [6.45, 7) is -0.380. The Labute approximate surface area is 181 Å². The second-order valence-corrected chi connectivity index (χ2v) is 6.59. The van der Waals surface area contributed by atoms with Gasteiger partial charge in [0.1, 0.15) is 23.1 Å². The molecule has 2 amide bonds. The van der Waals surface area contributed by atoms with E-state index in [2.05, 4.69) is 10.2 Å². The number of rotatable bonds is 7. The van der Waals surface area contributed by atoms with Gasteiger partial charge in [0.25, 0.3) is 11.8 Å². The molecular formula is C22H19F2N3O4. The molecule has 160 valence electrons. The third kappa shape index (κ3) is 5.05. The van der Waals surface area contributed by atoms with E-state index >= 15 is 0 Å². The van der Waals surface area contributed by atoms with Crippen molar-refractivity contribution in [3.8, 4) is 22.9 Å². The van der Waals surface area contributed by atoms with Crippen LogP contribution in [-0.2, 0) is 14.4 Å². The Morgan fingerprint density at radius 3 is 2.52 bits per heavy atom. The Hall–Kier alpha value is -3.77. The number of carbonyl (C=O) groups is 2. The normalized spacial score (nSPS) is 14.8. The molecule has 31 heavy (non-hydrogen) atoms. The van der Waals surface area contributed by atoms with E-state index in [1.54, 1.807) is 6.07 Å². The lowest BCUT2D eigenvalue weighted by Gasteiger charge is -2.12. The zero-order valence-corrected chi connectivity index (χ0v) is 16.1. The Morgan fingerprint density at radius 1 is 1.13 bits per heavy atom. The van der Waals surface area contributed by atoms with E-state index in [1.165, 1.54) is 24.3 Å². The van der Waals surface area contributed by atoms with Gasteiger partial charge in [-0.1, -0.05) is 12.1 Å². The summed E-state index contributed by atoms with van der Waals surface area (Å²) in [6, 6.07) is 9.35. The number of benzene rings is 2. The topological polar surface area (TPSA) is 100 Å². The molecule has 0 radical (unpaired) electrons. The van der Waals surface area contributed by atoms with Gasteiger partial charge in [-0.05, 0) is 54.7 Å². The van der Waals surface area contributed by atoms with Crippen molar-refractivity contribution in [1.82, 2.24) is 5.48 Å². The molecule has 0 aliphatic heterocycles. The molecule has 0 bridgehead atoms. The van der Waals surface area contributed by atoms with Crippen molar-refractivity contribution in [2.45, 2.75) is 19.3 Å². The molecule has 2 aromatic carbocycles. The van der Waals surface area contributed by atoms with E-state index in [9.17, 15) is 18.4 Å². The van der Waals surface area contributed by atoms with Crippen LogP contribution in [0.4, 0.5) is 14.5 Å². The summed E-state index contributed by atoms with van der Waals surface area (Å²) in [6.07, 6.45) is 0.982. The van der Waals surface area contributed by atoms with Gasteiger partial charge in [-0.15, -0.1) is 0 Å². The largest absolute Gasteiger partial charge is 0.497 e. The minimum Gasteiger partial charge on any atom is -0.497 e. The van der Waals surface area contributed by atoms with Crippen LogP contribution in [0.2, 0.25) is 0 Å². The first kappa shape index (κ1) is 18.0. The van der Waals surface area contributed by atoms with E-state index in [4.69, 9.17) is 14.1 Å². The zero-order chi connectivity index (χ0) is 24.9. The van der Waals surface area contributed by atoms with E-state index in [0.717, 1.165) is 12.1 Å². The quantitative estimate of drug-likeness (QED) is 0.516. The molecule has 9 heteroatoms. The number of hydrogen-bond donors (Lipinski definition) is 2. The van der Waals surface area contributed by atoms with Crippen LogP contribution in [0.1, 0.15) is 23.4 Å². The predicted molar refractivity (Wildman–Crippen MR) is 108 cm³/mol. The highest BCUT2D eigenvalue weighted by atomic mass is 19.1. The number of nitrogens with one attached hydrogen (secondary N) is 2. The highest BCUT2D eigenvalue weighted by Crippen LogP contribution is 2.31. The van der Waals surface area contributed by atoms with Crippen molar-refractivity contribution in [3.63, 3.8) is 0 Å². The van der Waals surface area contributed by atoms with Crippen LogP contribution in [0, 0.1) is 23.0 Å². The Balaban J connectivity index is 1.81. The molecule has 1 aliphatic carbocycles. The number of amides is 2. The van der Waals surface area contributed by atoms with Gasteiger partial charge in [0, 0.05) is 11.1 Å². The van der Waals surface area contributed by atoms with E-state index in [-0.39, 0.29) is 41.9 Å². The summed E-state index contributed by atoms with van der Waals surface area (Å²) in [5, 5.41) is 10.6. The van der Waals surface area contributed by atoms with Gasteiger partial charge in [0.15, 0.2) is 6.61 Å². The van der Waals surface area contributed by atoms with Crippen molar-refractivity contribution in [1.29, 1.82) is 5.26 Å². The Kier molecular flexibility index (Phi) is 5.71. The lowest BCUT2D eigenvalue weighted by Crippen LogP contribution is -2.27. The van der Waals surface area contributed by atoms with E-state index in [1.807, 2.05) is 5.48 Å². The van der Waals surface area contributed by atoms with Crippen LogP contribution in [-0.4, -0.2) is 25.5 Å². The minimum absolute atomic E-state index is 0.00609. The standard InChI is InChI=1S/C22H19F2N3O4/c1-30-15-5-2-4-13(10-15)14-11-18(23)20(19(24)12-14)26-21(28)16-6-3-7-17(16)22(29)27-31-9-8-25/h2,4-5,10-12H,3,6-7,9H2,1H3,(H,26,28)(H,27,29)/i1D3. The summed E-state index contributed by atoms with van der Waals surface area (Å²) in [5.41, 5.74) is 1.93. The minimum atomic E-state index is -2.68. The van der Waals surface area contributed by atoms with Gasteiger partial charge >= 0.3 is 0 Å². The molecule has 0 unspecified atom stereocenters. The predicted octanol–water partition coefficient (Wildman–Crippen LogP) is 3.63. The third-order valence-electron chi connectivity index (χ3n) is 4.63. The van der Waals surface area contributed by atoms with Crippen molar-refractivity contribution in [2.24, 2.45) is 0 Å². The SMILES string of the molecule is [2H]C([2H])([2H])Oc1cccc(-c2cc(F)c(NC(=O)C3=C(C(=O)NOCC#N)CCC3)c(F)c2)c1. The summed E-state index contributed by atoms with van der Waals surface area (Å²) in [7, 11) is -2.68. The van der Waals surface area contributed by atoms with Crippen LogP contribution >= 0.6 is 0 Å². The molecule has 2 N–H and O–H groups in total. The number of methoxy groups -OCH3 is 1. The van der Waals surface area contributed by atoms with E-state index < -0.39 is 36.2 Å². The van der Waals surface area contributed by atoms with Gasteiger partial charge < -0.3 is 10.1 Å². The Morgan fingerprint density at radius 2 is 1.84 bits per heavy atom. The number of carbonyl (C=O) groups excluding carboxylic acids is 2. The second-order valence-electron chi connectivity index (χ2n) is 6.59. The summed E-state index contributed by atoms with van der Waals surface area (Å²) in [5.74, 6) is -3.66. The van der Waals surface area contributed by atoms with Gasteiger partial charge in [-0.25, -0.2) is 14.3 Å². The van der Waals surface area contributed by atoms with E-state index in [0.29, 0.717) is 12.0 Å². The number of anilines is 1. The van der Waals surface area contributed by atoms with Gasteiger partial charge in [0.05, 0.1) is 17.2 Å². The molecule has 1 aliphatic rings.